The van der Waals surface area contributed by atoms with Crippen LogP contribution in [0.5, 0.6) is 5.75 Å². The minimum absolute atomic E-state index is 0.0834. The van der Waals surface area contributed by atoms with E-state index in [9.17, 15) is 4.39 Å². The highest BCUT2D eigenvalue weighted by molar-refractivity contribution is 5.54. The Morgan fingerprint density at radius 2 is 2.06 bits per heavy atom. The van der Waals surface area contributed by atoms with Crippen LogP contribution in [0.2, 0.25) is 0 Å². The van der Waals surface area contributed by atoms with Gasteiger partial charge in [-0.2, -0.15) is 5.26 Å². The van der Waals surface area contributed by atoms with Crippen LogP contribution in [0.1, 0.15) is 44.2 Å². The summed E-state index contributed by atoms with van der Waals surface area (Å²) in [6.07, 6.45) is 2.98. The summed E-state index contributed by atoms with van der Waals surface area (Å²) < 4.78 is 19.4. The molecule has 0 saturated heterocycles. The molecule has 0 N–H and O–H groups in total. The molecule has 17 heavy (non-hydrogen) atoms. The molecule has 0 unspecified atom stereocenters. The van der Waals surface area contributed by atoms with Gasteiger partial charge in [0, 0.05) is 5.56 Å². The molecule has 2 aliphatic rings. The maximum Gasteiger partial charge on any atom is 0.141 e. The Bertz CT molecular complexity index is 538. The van der Waals surface area contributed by atoms with Gasteiger partial charge in [0.05, 0.1) is 5.56 Å². The molecule has 0 aromatic heterocycles. The largest absolute Gasteiger partial charge is 0.486 e. The predicted molar refractivity (Wildman–Crippen MR) is 61.4 cm³/mol. The minimum atomic E-state index is -0.358. The monoisotopic (exact) mass is 231 g/mol. The van der Waals surface area contributed by atoms with Crippen molar-refractivity contribution in [2.24, 2.45) is 0 Å². The summed E-state index contributed by atoms with van der Waals surface area (Å²) in [5, 5.41) is 9.08. The molecule has 1 fully saturated rings. The zero-order valence-corrected chi connectivity index (χ0v) is 10.0. The van der Waals surface area contributed by atoms with Gasteiger partial charge in [0.25, 0.3) is 0 Å². The zero-order chi connectivity index (χ0) is 12.3. The van der Waals surface area contributed by atoms with Gasteiger partial charge < -0.3 is 4.74 Å². The summed E-state index contributed by atoms with van der Waals surface area (Å²) in [5.41, 5.74) is 0.933. The number of benzene rings is 1. The van der Waals surface area contributed by atoms with Crippen molar-refractivity contribution in [3.63, 3.8) is 0 Å². The number of nitrogens with zero attached hydrogens (tertiary/aromatic N) is 1. The summed E-state index contributed by atoms with van der Waals surface area (Å²) in [6, 6.07) is 4.80. The van der Waals surface area contributed by atoms with E-state index in [1.807, 2.05) is 6.07 Å². The Morgan fingerprint density at radius 3 is 2.65 bits per heavy atom. The summed E-state index contributed by atoms with van der Waals surface area (Å²) in [7, 11) is 0. The Hall–Kier alpha value is -1.56. The van der Waals surface area contributed by atoms with Crippen LogP contribution >= 0.6 is 0 Å². The molecule has 88 valence electrons. The topological polar surface area (TPSA) is 33.0 Å². The number of nitriles is 1. The van der Waals surface area contributed by atoms with Crippen molar-refractivity contribution >= 4 is 0 Å². The number of ether oxygens (including phenoxy) is 1. The van der Waals surface area contributed by atoms with E-state index in [-0.39, 0.29) is 16.8 Å². The number of hydrogen-bond donors (Lipinski definition) is 0. The molecule has 2 nitrogen and oxygen atoms in total. The van der Waals surface area contributed by atoms with E-state index in [1.165, 1.54) is 12.1 Å². The van der Waals surface area contributed by atoms with Crippen LogP contribution in [0.3, 0.4) is 0 Å². The van der Waals surface area contributed by atoms with Crippen LogP contribution in [-0.4, -0.2) is 5.60 Å². The summed E-state index contributed by atoms with van der Waals surface area (Å²) in [5.74, 6) is 0.242. The van der Waals surface area contributed by atoms with Crippen molar-refractivity contribution in [2.75, 3.05) is 0 Å². The van der Waals surface area contributed by atoms with Crippen LogP contribution < -0.4 is 4.74 Å². The predicted octanol–water partition coefficient (Wildman–Crippen LogP) is 3.29. The first-order valence-electron chi connectivity index (χ1n) is 5.89. The van der Waals surface area contributed by atoms with Gasteiger partial charge in [-0.05, 0) is 36.8 Å². The van der Waals surface area contributed by atoms with E-state index in [2.05, 4.69) is 13.8 Å². The van der Waals surface area contributed by atoms with E-state index in [0.29, 0.717) is 11.3 Å². The molecule has 0 radical (unpaired) electrons. The van der Waals surface area contributed by atoms with Crippen LogP contribution in [0.4, 0.5) is 4.39 Å². The van der Waals surface area contributed by atoms with Crippen molar-refractivity contribution < 1.29 is 9.13 Å². The molecule has 1 aromatic carbocycles. The molecule has 1 aliphatic carbocycles. The molecule has 1 aromatic rings. The van der Waals surface area contributed by atoms with E-state index >= 15 is 0 Å². The van der Waals surface area contributed by atoms with Crippen LogP contribution in [0, 0.1) is 17.1 Å². The first-order valence-corrected chi connectivity index (χ1v) is 5.89. The lowest BCUT2D eigenvalue weighted by atomic mass is 9.76. The maximum atomic E-state index is 13.5. The molecular formula is C14H14FNO. The molecule has 1 aliphatic heterocycles. The molecule has 1 spiro atoms. The number of rotatable bonds is 0. The van der Waals surface area contributed by atoms with Gasteiger partial charge in [-0.1, -0.05) is 13.8 Å². The number of halogens is 1. The fourth-order valence-corrected chi connectivity index (χ4v) is 2.86. The van der Waals surface area contributed by atoms with Gasteiger partial charge in [-0.25, -0.2) is 4.39 Å². The Kier molecular flexibility index (Phi) is 1.87. The molecule has 0 bridgehead atoms. The summed E-state index contributed by atoms with van der Waals surface area (Å²) in [6.45, 7) is 4.18. The highest BCUT2D eigenvalue weighted by Gasteiger charge is 2.53. The van der Waals surface area contributed by atoms with E-state index in [1.54, 1.807) is 0 Å². The van der Waals surface area contributed by atoms with Gasteiger partial charge in [0.1, 0.15) is 23.2 Å². The lowest BCUT2D eigenvalue weighted by molar-refractivity contribution is 0.112. The second kappa shape index (κ2) is 3.01. The molecule has 3 heteroatoms. The maximum absolute atomic E-state index is 13.5. The molecule has 0 atom stereocenters. The van der Waals surface area contributed by atoms with Gasteiger partial charge >= 0.3 is 0 Å². The highest BCUT2D eigenvalue weighted by Crippen LogP contribution is 2.55. The lowest BCUT2D eigenvalue weighted by Crippen LogP contribution is -2.36. The Balaban J connectivity index is 2.23. The third-order valence-electron chi connectivity index (χ3n) is 3.79. The van der Waals surface area contributed by atoms with Crippen molar-refractivity contribution in [3.8, 4) is 11.8 Å². The van der Waals surface area contributed by atoms with Gasteiger partial charge in [-0.3, -0.25) is 0 Å². The zero-order valence-electron chi connectivity index (χ0n) is 10.0. The van der Waals surface area contributed by atoms with Crippen molar-refractivity contribution in [2.45, 2.75) is 44.1 Å². The fourth-order valence-electron chi connectivity index (χ4n) is 2.86. The first-order chi connectivity index (χ1) is 7.96. The van der Waals surface area contributed by atoms with Crippen LogP contribution in [0.25, 0.3) is 0 Å². The third kappa shape index (κ3) is 1.51. The van der Waals surface area contributed by atoms with Gasteiger partial charge in [0.15, 0.2) is 0 Å². The average molecular weight is 231 g/mol. The normalized spacial score (nSPS) is 22.5. The summed E-state index contributed by atoms with van der Waals surface area (Å²) in [4.78, 5) is 0. The van der Waals surface area contributed by atoms with Crippen LogP contribution in [-0.2, 0) is 5.41 Å². The third-order valence-corrected chi connectivity index (χ3v) is 3.79. The van der Waals surface area contributed by atoms with E-state index in [4.69, 9.17) is 10.00 Å². The Morgan fingerprint density at radius 1 is 1.35 bits per heavy atom. The van der Waals surface area contributed by atoms with Gasteiger partial charge in [0.2, 0.25) is 0 Å². The van der Waals surface area contributed by atoms with Crippen molar-refractivity contribution in [1.29, 1.82) is 5.26 Å². The molecular weight excluding hydrogens is 217 g/mol. The van der Waals surface area contributed by atoms with E-state index < -0.39 is 0 Å². The molecule has 1 saturated carbocycles. The fraction of sp³-hybridized carbons (Fsp3) is 0.500. The number of fused-ring (bicyclic) bond motifs is 1. The second-order valence-corrected chi connectivity index (χ2v) is 5.79. The van der Waals surface area contributed by atoms with Crippen molar-refractivity contribution in [1.82, 2.24) is 0 Å². The van der Waals surface area contributed by atoms with Gasteiger partial charge in [-0.15, -0.1) is 0 Å². The lowest BCUT2D eigenvalue weighted by Gasteiger charge is -2.38. The molecule has 1 heterocycles. The van der Waals surface area contributed by atoms with Crippen molar-refractivity contribution in [3.05, 3.63) is 29.1 Å². The van der Waals surface area contributed by atoms with E-state index in [0.717, 1.165) is 24.8 Å². The minimum Gasteiger partial charge on any atom is -0.486 e. The smallest absolute Gasteiger partial charge is 0.141 e. The Labute approximate surface area is 100 Å². The molecule has 3 rings (SSSR count). The first kappa shape index (κ1) is 10.6. The average Bonchev–Trinajstić information content (AvgIpc) is 2.97. The second-order valence-electron chi connectivity index (χ2n) is 5.79. The standard InChI is InChI=1S/C14H14FNO/c1-13(2)8-14(3-4-14)17-12-9(7-16)5-10(15)6-11(12)13/h5-6H,3-4,8H2,1-2H3. The quantitative estimate of drug-likeness (QED) is 0.686. The van der Waals surface area contributed by atoms with Crippen LogP contribution in [0.15, 0.2) is 12.1 Å². The highest BCUT2D eigenvalue weighted by atomic mass is 19.1. The molecule has 0 amide bonds. The number of hydrogen-bond acceptors (Lipinski definition) is 2. The SMILES string of the molecule is CC1(C)CC2(CC2)Oc2c(C#N)cc(F)cc21. The summed E-state index contributed by atoms with van der Waals surface area (Å²) >= 11 is 0.